The van der Waals surface area contributed by atoms with Gasteiger partial charge in [0.05, 0.1) is 6.33 Å². The second-order valence-corrected chi connectivity index (χ2v) is 5.24. The van der Waals surface area contributed by atoms with Crippen LogP contribution in [0, 0.1) is 5.38 Å². The van der Waals surface area contributed by atoms with Crippen molar-refractivity contribution >= 4 is 28.6 Å². The Labute approximate surface area is 115 Å². The molecule has 1 unspecified atom stereocenters. The normalized spacial score (nSPS) is 24.8. The molecule has 2 heterocycles. The second-order valence-electron chi connectivity index (χ2n) is 4.79. The lowest BCUT2D eigenvalue weighted by atomic mass is 9.92. The van der Waals surface area contributed by atoms with E-state index >= 15 is 0 Å². The molecule has 1 aliphatic carbocycles. The van der Waals surface area contributed by atoms with Crippen molar-refractivity contribution in [3.63, 3.8) is 0 Å². The van der Waals surface area contributed by atoms with Gasteiger partial charge in [0.25, 0.3) is 0 Å². The summed E-state index contributed by atoms with van der Waals surface area (Å²) in [5.74, 6) is -1.33. The third-order valence-corrected chi connectivity index (χ3v) is 3.90. The van der Waals surface area contributed by atoms with Gasteiger partial charge in [-0.05, 0) is 12.8 Å². The molecule has 2 aromatic heterocycles. The van der Waals surface area contributed by atoms with E-state index in [1.165, 1.54) is 6.33 Å². The SMILES string of the molecule is Cn1cnc2c(NC3(F)CCCC[C]3Cl)ncnc21. The number of rotatable bonds is 2. The highest BCUT2D eigenvalue weighted by atomic mass is 35.5. The van der Waals surface area contributed by atoms with E-state index in [0.717, 1.165) is 12.8 Å². The van der Waals surface area contributed by atoms with Crippen LogP contribution in [-0.2, 0) is 7.05 Å². The number of imidazole rings is 1. The molecule has 1 aliphatic rings. The van der Waals surface area contributed by atoms with Crippen LogP contribution in [0.1, 0.15) is 25.7 Å². The lowest BCUT2D eigenvalue weighted by molar-refractivity contribution is 0.186. The van der Waals surface area contributed by atoms with Crippen molar-refractivity contribution in [2.24, 2.45) is 7.05 Å². The lowest BCUT2D eigenvalue weighted by Gasteiger charge is -2.34. The smallest absolute Gasteiger partial charge is 0.202 e. The monoisotopic (exact) mass is 282 g/mol. The molecule has 3 rings (SSSR count). The largest absolute Gasteiger partial charge is 0.335 e. The van der Waals surface area contributed by atoms with E-state index in [1.54, 1.807) is 10.9 Å². The fraction of sp³-hybridized carbons (Fsp3) is 0.500. The van der Waals surface area contributed by atoms with Crippen molar-refractivity contribution in [2.75, 3.05) is 5.32 Å². The molecule has 19 heavy (non-hydrogen) atoms. The Morgan fingerprint density at radius 2 is 2.21 bits per heavy atom. The number of alkyl halides is 1. The van der Waals surface area contributed by atoms with Crippen molar-refractivity contribution in [3.05, 3.63) is 18.0 Å². The first kappa shape index (κ1) is 12.6. The molecule has 0 spiro atoms. The molecule has 0 saturated heterocycles. The number of aromatic nitrogens is 4. The summed E-state index contributed by atoms with van der Waals surface area (Å²) in [7, 11) is 1.83. The third kappa shape index (κ3) is 2.14. The van der Waals surface area contributed by atoms with Crippen LogP contribution in [0.2, 0.25) is 0 Å². The fourth-order valence-corrected chi connectivity index (χ4v) is 2.61. The molecule has 5 nitrogen and oxygen atoms in total. The number of nitrogens with zero attached hydrogens (tertiary/aromatic N) is 4. The second kappa shape index (κ2) is 4.59. The van der Waals surface area contributed by atoms with Crippen LogP contribution in [0.4, 0.5) is 10.2 Å². The average molecular weight is 283 g/mol. The first-order valence-electron chi connectivity index (χ1n) is 6.21. The maximum atomic E-state index is 14.8. The Hall–Kier alpha value is -1.43. The van der Waals surface area contributed by atoms with E-state index in [4.69, 9.17) is 11.6 Å². The Morgan fingerprint density at radius 3 is 3.00 bits per heavy atom. The molecule has 0 aliphatic heterocycles. The zero-order valence-corrected chi connectivity index (χ0v) is 11.3. The molecule has 2 aromatic rings. The van der Waals surface area contributed by atoms with E-state index in [1.807, 2.05) is 7.05 Å². The predicted molar refractivity (Wildman–Crippen MR) is 71.3 cm³/mol. The van der Waals surface area contributed by atoms with Gasteiger partial charge in [-0.3, -0.25) is 0 Å². The van der Waals surface area contributed by atoms with E-state index in [9.17, 15) is 4.39 Å². The minimum atomic E-state index is -1.71. The van der Waals surface area contributed by atoms with Gasteiger partial charge in [-0.1, -0.05) is 6.42 Å². The zero-order chi connectivity index (χ0) is 13.5. The molecule has 0 amide bonds. The van der Waals surface area contributed by atoms with Gasteiger partial charge in [-0.25, -0.2) is 19.3 Å². The molecule has 1 radical (unpaired) electrons. The summed E-state index contributed by atoms with van der Waals surface area (Å²) in [5, 5.41) is 3.11. The molecular formula is C12H14ClFN5. The molecule has 7 heteroatoms. The zero-order valence-electron chi connectivity index (χ0n) is 10.5. The summed E-state index contributed by atoms with van der Waals surface area (Å²) in [6.45, 7) is 0. The highest BCUT2D eigenvalue weighted by molar-refractivity contribution is 6.28. The summed E-state index contributed by atoms with van der Waals surface area (Å²) >= 11 is 6.04. The number of hydrogen-bond acceptors (Lipinski definition) is 4. The van der Waals surface area contributed by atoms with Gasteiger partial charge in [0, 0.05) is 13.5 Å². The molecule has 1 N–H and O–H groups in total. The van der Waals surface area contributed by atoms with Gasteiger partial charge < -0.3 is 9.88 Å². The number of aryl methyl sites for hydroxylation is 1. The Balaban J connectivity index is 1.96. The topological polar surface area (TPSA) is 55.6 Å². The number of halogens is 2. The van der Waals surface area contributed by atoms with E-state index in [2.05, 4.69) is 20.3 Å². The van der Waals surface area contributed by atoms with Crippen molar-refractivity contribution in [1.29, 1.82) is 0 Å². The Kier molecular flexibility index (Phi) is 3.05. The van der Waals surface area contributed by atoms with Crippen LogP contribution < -0.4 is 5.32 Å². The van der Waals surface area contributed by atoms with Crippen molar-refractivity contribution in [3.8, 4) is 0 Å². The summed E-state index contributed by atoms with van der Waals surface area (Å²) in [4.78, 5) is 12.4. The van der Waals surface area contributed by atoms with E-state index in [-0.39, 0.29) is 0 Å². The molecule has 1 fully saturated rings. The molecule has 0 bridgehead atoms. The Morgan fingerprint density at radius 1 is 1.37 bits per heavy atom. The number of anilines is 1. The molecular weight excluding hydrogens is 269 g/mol. The molecule has 101 valence electrons. The van der Waals surface area contributed by atoms with Crippen LogP contribution in [0.15, 0.2) is 12.7 Å². The van der Waals surface area contributed by atoms with Gasteiger partial charge in [-0.2, -0.15) is 0 Å². The lowest BCUT2D eigenvalue weighted by Crippen LogP contribution is -2.40. The number of hydrogen-bond donors (Lipinski definition) is 1. The molecule has 0 aromatic carbocycles. The minimum absolute atomic E-state index is 0.307. The van der Waals surface area contributed by atoms with Crippen LogP contribution >= 0.6 is 11.6 Å². The van der Waals surface area contributed by atoms with Crippen molar-refractivity contribution in [1.82, 2.24) is 19.5 Å². The minimum Gasteiger partial charge on any atom is -0.335 e. The van der Waals surface area contributed by atoms with Crippen LogP contribution in [0.25, 0.3) is 11.2 Å². The maximum Gasteiger partial charge on any atom is 0.202 e. The molecule has 1 atom stereocenters. The maximum absolute atomic E-state index is 14.8. The predicted octanol–water partition coefficient (Wildman–Crippen LogP) is 2.79. The van der Waals surface area contributed by atoms with Gasteiger partial charge in [0.1, 0.15) is 17.2 Å². The quantitative estimate of drug-likeness (QED) is 0.861. The van der Waals surface area contributed by atoms with Crippen molar-refractivity contribution < 1.29 is 4.39 Å². The van der Waals surface area contributed by atoms with Crippen LogP contribution in [0.3, 0.4) is 0 Å². The van der Waals surface area contributed by atoms with Gasteiger partial charge >= 0.3 is 0 Å². The first-order valence-corrected chi connectivity index (χ1v) is 6.59. The third-order valence-electron chi connectivity index (χ3n) is 3.41. The van der Waals surface area contributed by atoms with Crippen LogP contribution in [-0.4, -0.2) is 25.3 Å². The number of fused-ring (bicyclic) bond motifs is 1. The average Bonchev–Trinajstić information content (AvgIpc) is 2.77. The molecule has 1 saturated carbocycles. The van der Waals surface area contributed by atoms with Crippen molar-refractivity contribution in [2.45, 2.75) is 31.5 Å². The summed E-state index contributed by atoms with van der Waals surface area (Å²) in [6, 6.07) is 0. The summed E-state index contributed by atoms with van der Waals surface area (Å²) < 4.78 is 16.6. The first-order chi connectivity index (χ1) is 9.10. The fourth-order valence-electron chi connectivity index (χ4n) is 2.34. The standard InChI is InChI=1S/C12H14ClFN5/c1-19-7-17-9-10(15-6-16-11(9)19)18-12(14)5-3-2-4-8(12)13/h6-7H,2-5H2,1H3,(H,15,16,18). The highest BCUT2D eigenvalue weighted by Gasteiger charge is 2.41. The van der Waals surface area contributed by atoms with Gasteiger partial charge in [-0.15, -0.1) is 11.6 Å². The van der Waals surface area contributed by atoms with Crippen LogP contribution in [0.5, 0.6) is 0 Å². The Bertz CT molecular complexity index is 601. The van der Waals surface area contributed by atoms with Gasteiger partial charge in [0.2, 0.25) is 5.79 Å². The van der Waals surface area contributed by atoms with E-state index < -0.39 is 5.79 Å². The number of nitrogens with one attached hydrogen (secondary N) is 1. The van der Waals surface area contributed by atoms with Gasteiger partial charge in [0.15, 0.2) is 11.5 Å². The summed E-state index contributed by atoms with van der Waals surface area (Å²) in [5.41, 5.74) is 1.21. The highest BCUT2D eigenvalue weighted by Crippen LogP contribution is 2.42. The summed E-state index contributed by atoms with van der Waals surface area (Å²) in [6.07, 6.45) is 5.69. The van der Waals surface area contributed by atoms with E-state index in [0.29, 0.717) is 35.2 Å².